The van der Waals surface area contributed by atoms with Gasteiger partial charge in [0.1, 0.15) is 0 Å². The summed E-state index contributed by atoms with van der Waals surface area (Å²) in [6, 6.07) is 1.83. The fraction of sp³-hybridized carbons (Fsp3) is 0.400. The van der Waals surface area contributed by atoms with Gasteiger partial charge < -0.3 is 5.11 Å². The third-order valence-electron chi connectivity index (χ3n) is 1.83. The first kappa shape index (κ1) is 14.2. The summed E-state index contributed by atoms with van der Waals surface area (Å²) >= 11 is 1.44. The number of hydrogen-bond donors (Lipinski definition) is 3. The molecular formula is C10H14N2O3S2. The molecule has 94 valence electrons. The predicted molar refractivity (Wildman–Crippen MR) is 67.7 cm³/mol. The van der Waals surface area contributed by atoms with E-state index >= 15 is 0 Å². The summed E-state index contributed by atoms with van der Waals surface area (Å²) in [5.41, 5.74) is 0.835. The summed E-state index contributed by atoms with van der Waals surface area (Å²) in [5.74, 6) is 5.69. The summed E-state index contributed by atoms with van der Waals surface area (Å²) in [6.45, 7) is 0.293. The first-order valence-corrected chi connectivity index (χ1v) is 7.29. The van der Waals surface area contributed by atoms with Crippen molar-refractivity contribution < 1.29 is 13.5 Å². The lowest BCUT2D eigenvalue weighted by atomic mass is 10.3. The average Bonchev–Trinajstić information content (AvgIpc) is 2.75. The van der Waals surface area contributed by atoms with Crippen LogP contribution in [0.3, 0.4) is 0 Å². The Balaban J connectivity index is 2.55. The minimum Gasteiger partial charge on any atom is -0.395 e. The van der Waals surface area contributed by atoms with Gasteiger partial charge in [-0.25, -0.2) is 4.72 Å². The zero-order chi connectivity index (χ0) is 12.7. The van der Waals surface area contributed by atoms with Gasteiger partial charge in [0.2, 0.25) is 0 Å². The number of nitrogens with one attached hydrogen (secondary N) is 2. The summed E-state index contributed by atoms with van der Waals surface area (Å²) in [7, 11) is -2.04. The van der Waals surface area contributed by atoms with Crippen LogP contribution in [0, 0.1) is 11.8 Å². The van der Waals surface area contributed by atoms with Gasteiger partial charge in [-0.2, -0.15) is 13.1 Å². The Morgan fingerprint density at radius 3 is 2.94 bits per heavy atom. The van der Waals surface area contributed by atoms with E-state index in [4.69, 9.17) is 5.11 Å². The standard InChI is InChI=1S/C10H14N2O3S2/c1-11-17(14,15)12-7-10-6-9(8-16-10)4-2-3-5-13/h6,8,11-13H,3,5,7H2,1H3. The van der Waals surface area contributed by atoms with E-state index in [1.807, 2.05) is 11.4 Å². The van der Waals surface area contributed by atoms with E-state index < -0.39 is 10.2 Å². The smallest absolute Gasteiger partial charge is 0.276 e. The molecule has 0 aliphatic rings. The van der Waals surface area contributed by atoms with Crippen molar-refractivity contribution in [2.45, 2.75) is 13.0 Å². The molecule has 7 heteroatoms. The molecule has 0 aliphatic heterocycles. The molecule has 0 amide bonds. The highest BCUT2D eigenvalue weighted by Gasteiger charge is 2.06. The lowest BCUT2D eigenvalue weighted by Gasteiger charge is -2.01. The average molecular weight is 274 g/mol. The van der Waals surface area contributed by atoms with Crippen LogP contribution in [0.2, 0.25) is 0 Å². The van der Waals surface area contributed by atoms with Gasteiger partial charge in [-0.3, -0.25) is 0 Å². The van der Waals surface area contributed by atoms with Gasteiger partial charge in [-0.05, 0) is 6.07 Å². The number of rotatable bonds is 5. The summed E-state index contributed by atoms with van der Waals surface area (Å²) < 4.78 is 26.8. The molecule has 0 aliphatic carbocycles. The van der Waals surface area contributed by atoms with Crippen molar-refractivity contribution in [1.82, 2.24) is 9.44 Å². The molecule has 0 fully saturated rings. The topological polar surface area (TPSA) is 78.4 Å². The molecule has 0 spiro atoms. The molecule has 1 rings (SSSR count). The van der Waals surface area contributed by atoms with E-state index in [-0.39, 0.29) is 13.2 Å². The van der Waals surface area contributed by atoms with Crippen LogP contribution in [0.1, 0.15) is 16.9 Å². The quantitative estimate of drug-likeness (QED) is 0.663. The minimum absolute atomic E-state index is 0.0476. The Hall–Kier alpha value is -0.910. The molecule has 0 saturated carbocycles. The van der Waals surface area contributed by atoms with E-state index in [1.54, 1.807) is 0 Å². The first-order valence-electron chi connectivity index (χ1n) is 4.92. The van der Waals surface area contributed by atoms with E-state index in [9.17, 15) is 8.42 Å². The molecule has 17 heavy (non-hydrogen) atoms. The van der Waals surface area contributed by atoms with Gasteiger partial charge in [0.25, 0.3) is 10.2 Å². The Morgan fingerprint density at radius 2 is 2.29 bits per heavy atom. The maximum Gasteiger partial charge on any atom is 0.276 e. The fourth-order valence-electron chi connectivity index (χ4n) is 0.998. The highest BCUT2D eigenvalue weighted by Crippen LogP contribution is 2.13. The zero-order valence-electron chi connectivity index (χ0n) is 9.36. The molecule has 0 radical (unpaired) electrons. The van der Waals surface area contributed by atoms with Crippen LogP contribution < -0.4 is 9.44 Å². The highest BCUT2D eigenvalue weighted by atomic mass is 32.2. The third kappa shape index (κ3) is 5.30. The molecular weight excluding hydrogens is 260 g/mol. The van der Waals surface area contributed by atoms with Crippen LogP contribution >= 0.6 is 11.3 Å². The van der Waals surface area contributed by atoms with E-state index in [2.05, 4.69) is 21.3 Å². The molecule has 3 N–H and O–H groups in total. The van der Waals surface area contributed by atoms with Crippen molar-refractivity contribution >= 4 is 21.5 Å². The van der Waals surface area contributed by atoms with Crippen molar-refractivity contribution in [3.8, 4) is 11.8 Å². The van der Waals surface area contributed by atoms with Crippen molar-refractivity contribution in [3.05, 3.63) is 21.9 Å². The van der Waals surface area contributed by atoms with Crippen LogP contribution in [-0.2, 0) is 16.8 Å². The molecule has 1 aromatic rings. The van der Waals surface area contributed by atoms with Gasteiger partial charge in [-0.1, -0.05) is 11.8 Å². The second-order valence-corrected chi connectivity index (χ2v) is 5.81. The lowest BCUT2D eigenvalue weighted by molar-refractivity contribution is 0.305. The number of aliphatic hydroxyl groups is 1. The lowest BCUT2D eigenvalue weighted by Crippen LogP contribution is -2.33. The van der Waals surface area contributed by atoms with E-state index in [1.165, 1.54) is 18.4 Å². The fourth-order valence-corrected chi connectivity index (χ4v) is 2.33. The second-order valence-electron chi connectivity index (χ2n) is 3.11. The number of thiophene rings is 1. The predicted octanol–water partition coefficient (Wildman–Crippen LogP) is 0.0358. The Bertz CT molecular complexity index is 511. The maximum absolute atomic E-state index is 11.1. The summed E-state index contributed by atoms with van der Waals surface area (Å²) in [4.78, 5) is 0.886. The molecule has 5 nitrogen and oxygen atoms in total. The van der Waals surface area contributed by atoms with Crippen LogP contribution in [0.4, 0.5) is 0 Å². The Kier molecular flexibility index (Phi) is 5.61. The summed E-state index contributed by atoms with van der Waals surface area (Å²) in [5, 5.41) is 10.4. The molecule has 0 unspecified atom stereocenters. The van der Waals surface area contributed by atoms with Crippen LogP contribution in [0.15, 0.2) is 11.4 Å². The van der Waals surface area contributed by atoms with Gasteiger partial charge in [0, 0.05) is 35.8 Å². The van der Waals surface area contributed by atoms with Crippen LogP contribution in [-0.4, -0.2) is 27.2 Å². The van der Waals surface area contributed by atoms with Crippen LogP contribution in [0.5, 0.6) is 0 Å². The SMILES string of the molecule is CNS(=O)(=O)NCc1cc(C#CCCO)cs1. The summed E-state index contributed by atoms with van der Waals surface area (Å²) in [6.07, 6.45) is 0.442. The second kappa shape index (κ2) is 6.74. The normalized spacial score (nSPS) is 10.9. The van der Waals surface area contributed by atoms with Gasteiger partial charge in [0.15, 0.2) is 0 Å². The molecule has 0 bridgehead atoms. The van der Waals surface area contributed by atoms with Gasteiger partial charge in [0.05, 0.1) is 6.61 Å². The largest absolute Gasteiger partial charge is 0.395 e. The number of aliphatic hydroxyl groups excluding tert-OH is 1. The van der Waals surface area contributed by atoms with Crippen molar-refractivity contribution in [2.75, 3.05) is 13.7 Å². The Labute approximate surface area is 105 Å². The van der Waals surface area contributed by atoms with Crippen molar-refractivity contribution in [3.63, 3.8) is 0 Å². The zero-order valence-corrected chi connectivity index (χ0v) is 11.0. The molecule has 1 aromatic heterocycles. The minimum atomic E-state index is -3.39. The van der Waals surface area contributed by atoms with E-state index in [0.29, 0.717) is 6.42 Å². The third-order valence-corrected chi connectivity index (χ3v) is 3.83. The van der Waals surface area contributed by atoms with Crippen molar-refractivity contribution in [1.29, 1.82) is 0 Å². The van der Waals surface area contributed by atoms with Crippen LogP contribution in [0.25, 0.3) is 0 Å². The molecule has 1 heterocycles. The van der Waals surface area contributed by atoms with Gasteiger partial charge in [-0.15, -0.1) is 11.3 Å². The number of hydrogen-bond acceptors (Lipinski definition) is 4. The maximum atomic E-state index is 11.1. The Morgan fingerprint density at radius 1 is 1.53 bits per heavy atom. The molecule has 0 saturated heterocycles. The van der Waals surface area contributed by atoms with Gasteiger partial charge >= 0.3 is 0 Å². The molecule has 0 aromatic carbocycles. The first-order chi connectivity index (χ1) is 8.07. The van der Waals surface area contributed by atoms with E-state index in [0.717, 1.165) is 10.4 Å². The van der Waals surface area contributed by atoms with Crippen molar-refractivity contribution in [2.24, 2.45) is 0 Å². The highest BCUT2D eigenvalue weighted by molar-refractivity contribution is 7.87. The molecule has 0 atom stereocenters. The monoisotopic (exact) mass is 274 g/mol.